The summed E-state index contributed by atoms with van der Waals surface area (Å²) in [4.78, 5) is 11.3. The van der Waals surface area contributed by atoms with E-state index in [0.717, 1.165) is 29.9 Å². The molecule has 0 radical (unpaired) electrons. The van der Waals surface area contributed by atoms with Crippen LogP contribution in [0.3, 0.4) is 0 Å². The van der Waals surface area contributed by atoms with Gasteiger partial charge in [-0.15, -0.1) is 0 Å². The second-order valence-corrected chi connectivity index (χ2v) is 4.37. The Bertz CT molecular complexity index is 532. The molecule has 0 bridgehead atoms. The Kier molecular flexibility index (Phi) is 4.35. The molecular formula is C16H18O2. The summed E-state index contributed by atoms with van der Waals surface area (Å²) in [6.07, 6.45) is 4.24. The highest BCUT2D eigenvalue weighted by molar-refractivity contribution is 6.00. The number of rotatable bonds is 6. The fourth-order valence-corrected chi connectivity index (χ4v) is 2.06. The summed E-state index contributed by atoms with van der Waals surface area (Å²) >= 11 is 0. The lowest BCUT2D eigenvalue weighted by Crippen LogP contribution is -2.00. The molecular weight excluding hydrogens is 224 g/mol. The maximum absolute atomic E-state index is 11.3. The number of ether oxygens (including phenoxy) is 1. The van der Waals surface area contributed by atoms with E-state index in [-0.39, 0.29) is 0 Å². The van der Waals surface area contributed by atoms with Crippen molar-refractivity contribution in [2.24, 2.45) is 0 Å². The monoisotopic (exact) mass is 242 g/mol. The zero-order chi connectivity index (χ0) is 12.8. The van der Waals surface area contributed by atoms with Crippen LogP contribution in [0, 0.1) is 0 Å². The van der Waals surface area contributed by atoms with Crippen molar-refractivity contribution in [1.82, 2.24) is 0 Å². The molecule has 0 aliphatic carbocycles. The second-order valence-electron chi connectivity index (χ2n) is 4.37. The predicted octanol–water partition coefficient (Wildman–Crippen LogP) is 4.22. The van der Waals surface area contributed by atoms with Gasteiger partial charge < -0.3 is 4.74 Å². The van der Waals surface area contributed by atoms with E-state index >= 15 is 0 Å². The normalized spacial score (nSPS) is 10.5. The van der Waals surface area contributed by atoms with Crippen molar-refractivity contribution in [3.63, 3.8) is 0 Å². The van der Waals surface area contributed by atoms with Gasteiger partial charge in [-0.3, -0.25) is 4.79 Å². The third-order valence-electron chi connectivity index (χ3n) is 3.05. The number of fused-ring (bicyclic) bond motifs is 1. The first-order valence-electron chi connectivity index (χ1n) is 6.46. The molecule has 94 valence electrons. The van der Waals surface area contributed by atoms with Gasteiger partial charge in [0.15, 0.2) is 6.29 Å². The maximum atomic E-state index is 11.3. The van der Waals surface area contributed by atoms with E-state index in [1.807, 2.05) is 36.4 Å². The van der Waals surface area contributed by atoms with Crippen LogP contribution in [0.1, 0.15) is 36.5 Å². The summed E-state index contributed by atoms with van der Waals surface area (Å²) in [5.74, 6) is 0.694. The Hall–Kier alpha value is -1.83. The lowest BCUT2D eigenvalue weighted by Gasteiger charge is -2.10. The van der Waals surface area contributed by atoms with Gasteiger partial charge in [0.05, 0.1) is 12.2 Å². The first-order chi connectivity index (χ1) is 8.86. The van der Waals surface area contributed by atoms with E-state index in [0.29, 0.717) is 17.9 Å². The van der Waals surface area contributed by atoms with Crippen LogP contribution in [0.2, 0.25) is 0 Å². The summed E-state index contributed by atoms with van der Waals surface area (Å²) < 4.78 is 5.71. The third-order valence-corrected chi connectivity index (χ3v) is 3.05. The number of carbonyl (C=O) groups excluding carboxylic acids is 1. The predicted molar refractivity (Wildman–Crippen MR) is 74.4 cm³/mol. The average molecular weight is 242 g/mol. The van der Waals surface area contributed by atoms with E-state index in [9.17, 15) is 4.79 Å². The molecule has 0 N–H and O–H groups in total. The summed E-state index contributed by atoms with van der Waals surface area (Å²) in [5, 5.41) is 2.03. The van der Waals surface area contributed by atoms with E-state index in [4.69, 9.17) is 4.74 Å². The van der Waals surface area contributed by atoms with Crippen LogP contribution in [0.4, 0.5) is 0 Å². The van der Waals surface area contributed by atoms with Crippen LogP contribution in [-0.4, -0.2) is 12.9 Å². The highest BCUT2D eigenvalue weighted by atomic mass is 16.5. The molecule has 0 amide bonds. The van der Waals surface area contributed by atoms with Crippen molar-refractivity contribution in [3.8, 4) is 5.75 Å². The molecule has 0 saturated heterocycles. The highest BCUT2D eigenvalue weighted by Gasteiger charge is 2.07. The minimum absolute atomic E-state index is 0.657. The number of benzene rings is 2. The molecule has 0 atom stereocenters. The van der Waals surface area contributed by atoms with Crippen LogP contribution >= 0.6 is 0 Å². The molecule has 0 unspecified atom stereocenters. The molecule has 0 fully saturated rings. The fourth-order valence-electron chi connectivity index (χ4n) is 2.06. The van der Waals surface area contributed by atoms with Crippen LogP contribution < -0.4 is 4.74 Å². The Morgan fingerprint density at radius 3 is 2.72 bits per heavy atom. The molecule has 2 nitrogen and oxygen atoms in total. The van der Waals surface area contributed by atoms with Gasteiger partial charge in [-0.2, -0.15) is 0 Å². The topological polar surface area (TPSA) is 26.3 Å². The molecule has 0 aliphatic rings. The van der Waals surface area contributed by atoms with Crippen molar-refractivity contribution < 1.29 is 9.53 Å². The Morgan fingerprint density at radius 2 is 1.94 bits per heavy atom. The first kappa shape index (κ1) is 12.6. The molecule has 0 heterocycles. The number of hydrogen-bond acceptors (Lipinski definition) is 2. The van der Waals surface area contributed by atoms with Crippen LogP contribution in [0.15, 0.2) is 36.4 Å². The van der Waals surface area contributed by atoms with Crippen molar-refractivity contribution >= 4 is 17.1 Å². The molecule has 0 spiro atoms. The van der Waals surface area contributed by atoms with E-state index < -0.39 is 0 Å². The maximum Gasteiger partial charge on any atom is 0.154 e. The zero-order valence-electron chi connectivity index (χ0n) is 10.7. The van der Waals surface area contributed by atoms with Crippen molar-refractivity contribution in [3.05, 3.63) is 42.0 Å². The lowest BCUT2D eigenvalue weighted by atomic mass is 10.0. The lowest BCUT2D eigenvalue weighted by molar-refractivity contribution is 0.112. The van der Waals surface area contributed by atoms with Crippen molar-refractivity contribution in [2.45, 2.75) is 26.2 Å². The summed E-state index contributed by atoms with van der Waals surface area (Å²) in [6.45, 7) is 2.83. The third kappa shape index (κ3) is 2.70. The number of aldehydes is 1. The van der Waals surface area contributed by atoms with Crippen LogP contribution in [0.25, 0.3) is 10.8 Å². The minimum atomic E-state index is 0.657. The van der Waals surface area contributed by atoms with Crippen molar-refractivity contribution in [1.29, 1.82) is 0 Å². The molecule has 18 heavy (non-hydrogen) atoms. The minimum Gasteiger partial charge on any atom is -0.493 e. The Labute approximate surface area is 108 Å². The van der Waals surface area contributed by atoms with Gasteiger partial charge in [-0.1, -0.05) is 50.1 Å². The summed E-state index contributed by atoms with van der Waals surface area (Å²) in [7, 11) is 0. The Morgan fingerprint density at radius 1 is 1.11 bits per heavy atom. The van der Waals surface area contributed by atoms with Gasteiger partial charge >= 0.3 is 0 Å². The van der Waals surface area contributed by atoms with Crippen molar-refractivity contribution in [2.75, 3.05) is 6.61 Å². The molecule has 0 aromatic heterocycles. The summed E-state index contributed by atoms with van der Waals surface area (Å²) in [6, 6.07) is 11.8. The zero-order valence-corrected chi connectivity index (χ0v) is 10.7. The molecule has 2 heteroatoms. The highest BCUT2D eigenvalue weighted by Crippen LogP contribution is 2.26. The quantitative estimate of drug-likeness (QED) is 0.560. The molecule has 2 rings (SSSR count). The van der Waals surface area contributed by atoms with Gasteiger partial charge in [0, 0.05) is 0 Å². The summed E-state index contributed by atoms with van der Waals surface area (Å²) in [5.41, 5.74) is 0.657. The smallest absolute Gasteiger partial charge is 0.154 e. The SMILES string of the molecule is CCCCCOc1ccc2ccccc2c1C=O. The van der Waals surface area contributed by atoms with Crippen LogP contribution in [0.5, 0.6) is 5.75 Å². The number of unbranched alkanes of at least 4 members (excludes halogenated alkanes) is 2. The van der Waals surface area contributed by atoms with E-state index in [2.05, 4.69) is 6.92 Å². The van der Waals surface area contributed by atoms with Gasteiger partial charge in [-0.05, 0) is 23.3 Å². The van der Waals surface area contributed by atoms with Gasteiger partial charge in [0.25, 0.3) is 0 Å². The average Bonchev–Trinajstić information content (AvgIpc) is 2.43. The number of carbonyl (C=O) groups is 1. The largest absolute Gasteiger partial charge is 0.493 e. The van der Waals surface area contributed by atoms with Gasteiger partial charge in [0.1, 0.15) is 5.75 Å². The second kappa shape index (κ2) is 6.20. The standard InChI is InChI=1S/C16H18O2/c1-2-3-6-11-18-16-10-9-13-7-4-5-8-14(13)15(16)12-17/h4-5,7-10,12H,2-3,6,11H2,1H3. The fraction of sp³-hybridized carbons (Fsp3) is 0.312. The van der Waals surface area contributed by atoms with Gasteiger partial charge in [-0.25, -0.2) is 0 Å². The molecule has 2 aromatic carbocycles. The number of hydrogen-bond donors (Lipinski definition) is 0. The molecule has 2 aromatic rings. The van der Waals surface area contributed by atoms with E-state index in [1.54, 1.807) is 0 Å². The van der Waals surface area contributed by atoms with E-state index in [1.165, 1.54) is 6.42 Å². The molecule has 0 aliphatic heterocycles. The van der Waals surface area contributed by atoms with Crippen LogP contribution in [-0.2, 0) is 0 Å². The first-order valence-corrected chi connectivity index (χ1v) is 6.46. The Balaban J connectivity index is 2.24. The molecule has 0 saturated carbocycles. The van der Waals surface area contributed by atoms with Gasteiger partial charge in [0.2, 0.25) is 0 Å².